The van der Waals surface area contributed by atoms with Crippen LogP contribution in [0.3, 0.4) is 0 Å². The molecule has 0 aliphatic heterocycles. The van der Waals surface area contributed by atoms with E-state index in [0.29, 0.717) is 62.6 Å². The third-order valence-corrected chi connectivity index (χ3v) is 4.34. The maximum Gasteiger partial charge on any atom is 0.271 e. The van der Waals surface area contributed by atoms with E-state index < -0.39 is 75.9 Å². The molecule has 0 amide bonds. The Bertz CT molecular complexity index is 1210. The van der Waals surface area contributed by atoms with Gasteiger partial charge >= 0.3 is 0 Å². The molecule has 0 bridgehead atoms. The molecule has 3 N–H and O–H groups in total. The molecule has 0 aliphatic rings. The lowest BCUT2D eigenvalue weighted by atomic mass is 10.3. The van der Waals surface area contributed by atoms with Gasteiger partial charge in [0, 0.05) is 56.2 Å². The highest BCUT2D eigenvalue weighted by molar-refractivity contribution is 5.78. The fourth-order valence-electron chi connectivity index (χ4n) is 2.61. The highest BCUT2D eigenvalue weighted by atomic mass is 19.2. The van der Waals surface area contributed by atoms with Gasteiger partial charge in [0.25, 0.3) is 6.48 Å². The third-order valence-electron chi connectivity index (χ3n) is 4.34. The van der Waals surface area contributed by atoms with E-state index in [1.165, 1.54) is 0 Å². The van der Waals surface area contributed by atoms with Crippen LogP contribution < -0.4 is 11.1 Å². The number of benzene rings is 3. The highest BCUT2D eigenvalue weighted by Gasteiger charge is 2.12. The maximum absolute atomic E-state index is 13.2. The van der Waals surface area contributed by atoms with Crippen molar-refractivity contribution < 1.29 is 53.7 Å². The van der Waals surface area contributed by atoms with Gasteiger partial charge in [-0.3, -0.25) is 0 Å². The van der Waals surface area contributed by atoms with Gasteiger partial charge < -0.3 is 25.3 Å². The molecule has 0 unspecified atom stereocenters. The molecule has 0 atom stereocenters. The van der Waals surface area contributed by atoms with Crippen molar-refractivity contribution >= 4 is 23.4 Å². The molecule has 0 saturated heterocycles. The molecule has 0 spiro atoms. The van der Waals surface area contributed by atoms with E-state index in [2.05, 4.69) is 4.99 Å². The first-order valence-corrected chi connectivity index (χ1v) is 11.7. The van der Waals surface area contributed by atoms with Gasteiger partial charge in [-0.2, -0.15) is 0 Å². The summed E-state index contributed by atoms with van der Waals surface area (Å²) in [6.07, 6.45) is 0.596. The molecular weight excluding hydrogens is 585 g/mol. The Morgan fingerprint density at radius 2 is 0.976 bits per heavy atom. The van der Waals surface area contributed by atoms with Gasteiger partial charge in [-0.25, -0.2) is 44.5 Å². The van der Waals surface area contributed by atoms with Crippen molar-refractivity contribution in [3.05, 3.63) is 88.8 Å². The summed E-state index contributed by atoms with van der Waals surface area (Å²) in [5, 5.41) is 1.99. The first-order valence-electron chi connectivity index (χ1n) is 11.7. The number of nitrogens with zero attached hydrogens (tertiary/aromatic N) is 1. The summed E-state index contributed by atoms with van der Waals surface area (Å²) in [5.41, 5.74) is 2.59. The first kappa shape index (κ1) is 38.2. The van der Waals surface area contributed by atoms with Crippen LogP contribution in [0.25, 0.3) is 0 Å². The topological polar surface area (TPSA) is 78.1 Å². The summed E-state index contributed by atoms with van der Waals surface area (Å²) < 4.78 is 130. The van der Waals surface area contributed by atoms with Gasteiger partial charge in [0.05, 0.1) is 6.34 Å². The summed E-state index contributed by atoms with van der Waals surface area (Å²) in [7, 11) is 0. The van der Waals surface area contributed by atoms with Crippen molar-refractivity contribution in [2.24, 2.45) is 4.99 Å². The van der Waals surface area contributed by atoms with Crippen LogP contribution in [0.5, 0.6) is 0 Å². The van der Waals surface area contributed by atoms with Crippen LogP contribution in [0.15, 0.2) is 41.4 Å². The molecule has 42 heavy (non-hydrogen) atoms. The number of nitrogens with one attached hydrogen (secondary N) is 1. The highest BCUT2D eigenvalue weighted by Crippen LogP contribution is 2.24. The SMILES string of the molecule is C.CCOC(OCC)OCC.Fc1cc(F)c(N=CNc2c(F)cc(F)cc2F)c(F)c1.Nc1c(F)cc(F)cc1F. The molecule has 3 rings (SSSR count). The average Bonchev–Trinajstić information content (AvgIpc) is 2.86. The minimum Gasteiger partial charge on any atom is -0.394 e. The number of ether oxygens (including phenoxy) is 3. The number of halogens is 9. The van der Waals surface area contributed by atoms with Crippen LogP contribution in [0.4, 0.5) is 56.6 Å². The van der Waals surface area contributed by atoms with Crippen molar-refractivity contribution in [2.75, 3.05) is 30.9 Å². The zero-order valence-corrected chi connectivity index (χ0v) is 21.9. The molecular formula is C27H30F9N3O3. The molecule has 3 aromatic carbocycles. The number of hydrogen-bond acceptors (Lipinski definition) is 5. The first-order chi connectivity index (χ1) is 19.3. The zero-order chi connectivity index (χ0) is 31.1. The monoisotopic (exact) mass is 615 g/mol. The molecule has 234 valence electrons. The van der Waals surface area contributed by atoms with Gasteiger partial charge in [0.15, 0.2) is 34.9 Å². The van der Waals surface area contributed by atoms with E-state index in [1.807, 2.05) is 26.1 Å². The van der Waals surface area contributed by atoms with E-state index in [-0.39, 0.29) is 7.43 Å². The zero-order valence-electron chi connectivity index (χ0n) is 21.9. The lowest BCUT2D eigenvalue weighted by Gasteiger charge is -2.15. The second kappa shape index (κ2) is 19.3. The second-order valence-electron chi connectivity index (χ2n) is 7.30. The van der Waals surface area contributed by atoms with Crippen LogP contribution in [0, 0.1) is 52.4 Å². The van der Waals surface area contributed by atoms with E-state index in [9.17, 15) is 39.5 Å². The van der Waals surface area contributed by atoms with Crippen LogP contribution >= 0.6 is 0 Å². The predicted molar refractivity (Wildman–Crippen MR) is 141 cm³/mol. The minimum atomic E-state index is -1.29. The smallest absolute Gasteiger partial charge is 0.271 e. The fourth-order valence-corrected chi connectivity index (χ4v) is 2.61. The summed E-state index contributed by atoms with van der Waals surface area (Å²) in [6, 6.07) is 2.68. The molecule has 0 radical (unpaired) electrons. The summed E-state index contributed by atoms with van der Waals surface area (Å²) in [6.45, 7) is 7.10. The molecule has 15 heteroatoms. The Morgan fingerprint density at radius 3 is 1.33 bits per heavy atom. The van der Waals surface area contributed by atoms with Gasteiger partial charge in [-0.1, -0.05) is 7.43 Å². The lowest BCUT2D eigenvalue weighted by molar-refractivity contribution is -0.282. The maximum atomic E-state index is 13.2. The number of rotatable bonds is 9. The van der Waals surface area contributed by atoms with Gasteiger partial charge in [0.2, 0.25) is 0 Å². The predicted octanol–water partition coefficient (Wildman–Crippen LogP) is 7.99. The Balaban J connectivity index is 0.000000673. The molecule has 0 fully saturated rings. The van der Waals surface area contributed by atoms with Crippen LogP contribution in [0.1, 0.15) is 28.2 Å². The molecule has 0 saturated carbocycles. The average molecular weight is 616 g/mol. The Kier molecular flexibility index (Phi) is 17.6. The van der Waals surface area contributed by atoms with E-state index in [4.69, 9.17) is 19.9 Å². The minimum absolute atomic E-state index is 0. The van der Waals surface area contributed by atoms with Gasteiger partial charge in [-0.05, 0) is 20.8 Å². The summed E-state index contributed by atoms with van der Waals surface area (Å²) >= 11 is 0. The van der Waals surface area contributed by atoms with Crippen LogP contribution in [-0.2, 0) is 14.2 Å². The lowest BCUT2D eigenvalue weighted by Crippen LogP contribution is -2.20. The van der Waals surface area contributed by atoms with Gasteiger partial charge in [-0.15, -0.1) is 0 Å². The Labute approximate surface area is 236 Å². The summed E-state index contributed by atoms with van der Waals surface area (Å²) in [4.78, 5) is 3.27. The van der Waals surface area contributed by atoms with Crippen molar-refractivity contribution in [2.45, 2.75) is 34.7 Å². The number of anilines is 2. The number of nitrogen functional groups attached to an aromatic ring is 1. The molecule has 3 aromatic rings. The van der Waals surface area contributed by atoms with E-state index >= 15 is 0 Å². The van der Waals surface area contributed by atoms with Crippen molar-refractivity contribution in [1.29, 1.82) is 0 Å². The van der Waals surface area contributed by atoms with Gasteiger partial charge in [0.1, 0.15) is 34.5 Å². The Hall–Kier alpha value is -3.82. The van der Waals surface area contributed by atoms with Crippen molar-refractivity contribution in [3.63, 3.8) is 0 Å². The molecule has 0 heterocycles. The number of nitrogens with two attached hydrogens (primary N) is 1. The van der Waals surface area contributed by atoms with Crippen molar-refractivity contribution in [3.8, 4) is 0 Å². The fraction of sp³-hybridized carbons (Fsp3) is 0.296. The summed E-state index contributed by atoms with van der Waals surface area (Å²) in [5.74, 6) is -10.4. The molecule has 6 nitrogen and oxygen atoms in total. The third kappa shape index (κ3) is 12.8. The van der Waals surface area contributed by atoms with Crippen LogP contribution in [0.2, 0.25) is 0 Å². The van der Waals surface area contributed by atoms with E-state index in [1.54, 1.807) is 0 Å². The van der Waals surface area contributed by atoms with Crippen molar-refractivity contribution in [1.82, 2.24) is 0 Å². The largest absolute Gasteiger partial charge is 0.394 e. The normalized spacial score (nSPS) is 10.5. The standard InChI is InChI=1S/C13H6F6N2.C7H16O3.C6H4F3N.CH4/c14-6-1-8(16)12(9(17)2-6)20-5-21-13-10(18)3-7(15)4-11(13)19;1-4-8-7(9-5-2)10-6-3;7-3-1-4(8)6(10)5(9)2-3;/h1-5H,(H,20,21);7H,4-6H2,1-3H3;1-2H,10H2;1H4. The van der Waals surface area contributed by atoms with E-state index in [0.717, 1.165) is 0 Å². The quantitative estimate of drug-likeness (QED) is 0.0839. The number of hydrogen-bond donors (Lipinski definition) is 2. The van der Waals surface area contributed by atoms with Crippen LogP contribution in [-0.4, -0.2) is 32.6 Å². The Morgan fingerprint density at radius 1 is 0.643 bits per heavy atom. The number of aliphatic imine (C=N–C) groups is 1. The second-order valence-corrected chi connectivity index (χ2v) is 7.30. The molecule has 0 aromatic heterocycles. The molecule has 0 aliphatic carbocycles.